The predicted octanol–water partition coefficient (Wildman–Crippen LogP) is 3.62. The number of piperazine rings is 1. The van der Waals surface area contributed by atoms with Gasteiger partial charge in [0.2, 0.25) is 11.8 Å². The van der Waals surface area contributed by atoms with Gasteiger partial charge in [-0.1, -0.05) is 69.2 Å². The van der Waals surface area contributed by atoms with E-state index in [9.17, 15) is 18.0 Å². The molecule has 2 aromatic carbocycles. The van der Waals surface area contributed by atoms with E-state index in [1.165, 1.54) is 11.1 Å². The molecule has 42 heavy (non-hydrogen) atoms. The van der Waals surface area contributed by atoms with Crippen LogP contribution >= 0.6 is 0 Å². The molecule has 5 rings (SSSR count). The summed E-state index contributed by atoms with van der Waals surface area (Å²) in [5.41, 5.74) is 3.04. The highest BCUT2D eigenvalue weighted by atomic mass is 32.2. The molecule has 228 valence electrons. The number of fused-ring (bicyclic) bond motifs is 1. The fourth-order valence-electron chi connectivity index (χ4n) is 7.22. The molecule has 1 N–H and O–H groups in total. The lowest BCUT2D eigenvalue weighted by Crippen LogP contribution is -2.66. The molecular formula is C33H45N3O5S. The fourth-order valence-corrected chi connectivity index (χ4v) is 9.18. The Morgan fingerprint density at radius 2 is 1.57 bits per heavy atom. The van der Waals surface area contributed by atoms with Crippen LogP contribution in [0.2, 0.25) is 0 Å². The highest BCUT2D eigenvalue weighted by Gasteiger charge is 2.47. The van der Waals surface area contributed by atoms with Crippen LogP contribution in [0.1, 0.15) is 56.2 Å². The summed E-state index contributed by atoms with van der Waals surface area (Å²) in [5.74, 6) is -0.280. The van der Waals surface area contributed by atoms with Crippen molar-refractivity contribution in [1.29, 1.82) is 0 Å². The lowest BCUT2D eigenvalue weighted by molar-refractivity contribution is -0.154. The maximum absolute atomic E-state index is 14.3. The SMILES string of the molecule is CCC(CC)[C@@H]1C(=O)N[C@H](C2Cc3ccccc3C2)C(=O)N1Cc1ccccc1S(=O)(=O)C1CCN(CCOC)CC1. The number of carbonyl (C=O) groups excluding carboxylic acids is 2. The van der Waals surface area contributed by atoms with Gasteiger partial charge < -0.3 is 19.9 Å². The van der Waals surface area contributed by atoms with Gasteiger partial charge >= 0.3 is 0 Å². The number of amides is 2. The lowest BCUT2D eigenvalue weighted by atomic mass is 9.86. The zero-order valence-corrected chi connectivity index (χ0v) is 25.9. The number of rotatable bonds is 11. The molecule has 8 nitrogen and oxygen atoms in total. The Kier molecular flexibility index (Phi) is 9.70. The van der Waals surface area contributed by atoms with Crippen molar-refractivity contribution < 1.29 is 22.7 Å². The van der Waals surface area contributed by atoms with Crippen molar-refractivity contribution in [1.82, 2.24) is 15.1 Å². The van der Waals surface area contributed by atoms with Gasteiger partial charge in [0.25, 0.3) is 0 Å². The smallest absolute Gasteiger partial charge is 0.246 e. The van der Waals surface area contributed by atoms with E-state index in [-0.39, 0.29) is 35.1 Å². The first kappa shape index (κ1) is 30.7. The van der Waals surface area contributed by atoms with Gasteiger partial charge in [0, 0.05) is 20.2 Å². The van der Waals surface area contributed by atoms with Gasteiger partial charge in [-0.25, -0.2) is 8.42 Å². The number of hydrogen-bond acceptors (Lipinski definition) is 6. The summed E-state index contributed by atoms with van der Waals surface area (Å²) in [6, 6.07) is 14.0. The molecule has 2 aliphatic heterocycles. The first-order valence-electron chi connectivity index (χ1n) is 15.5. The van der Waals surface area contributed by atoms with E-state index in [1.807, 2.05) is 38.1 Å². The minimum atomic E-state index is -3.63. The summed E-state index contributed by atoms with van der Waals surface area (Å²) in [4.78, 5) is 32.3. The third kappa shape index (κ3) is 6.15. The molecule has 3 aliphatic rings. The fraction of sp³-hybridized carbons (Fsp3) is 0.576. The van der Waals surface area contributed by atoms with Crippen molar-refractivity contribution in [3.8, 4) is 0 Å². The Morgan fingerprint density at radius 3 is 2.19 bits per heavy atom. The zero-order valence-electron chi connectivity index (χ0n) is 25.1. The van der Waals surface area contributed by atoms with Crippen LogP contribution in [-0.4, -0.2) is 80.7 Å². The number of nitrogens with one attached hydrogen (secondary N) is 1. The first-order valence-corrected chi connectivity index (χ1v) is 17.0. The summed E-state index contributed by atoms with van der Waals surface area (Å²) in [5, 5.41) is 2.64. The third-order valence-electron chi connectivity index (χ3n) is 9.71. The molecule has 0 saturated carbocycles. The molecule has 2 fully saturated rings. The van der Waals surface area contributed by atoms with Gasteiger partial charge in [0.05, 0.1) is 16.8 Å². The number of methoxy groups -OCH3 is 1. The monoisotopic (exact) mass is 595 g/mol. The van der Waals surface area contributed by atoms with E-state index in [4.69, 9.17) is 4.74 Å². The Balaban J connectivity index is 1.42. The van der Waals surface area contributed by atoms with Crippen molar-refractivity contribution in [3.05, 3.63) is 65.2 Å². The molecule has 2 saturated heterocycles. The van der Waals surface area contributed by atoms with E-state index < -0.39 is 27.2 Å². The van der Waals surface area contributed by atoms with E-state index in [0.717, 1.165) is 32.2 Å². The first-order chi connectivity index (χ1) is 20.3. The largest absolute Gasteiger partial charge is 0.383 e. The highest BCUT2D eigenvalue weighted by Crippen LogP contribution is 2.35. The van der Waals surface area contributed by atoms with E-state index in [1.54, 1.807) is 24.1 Å². The van der Waals surface area contributed by atoms with Crippen LogP contribution in [0.3, 0.4) is 0 Å². The number of sulfone groups is 1. The van der Waals surface area contributed by atoms with Crippen molar-refractivity contribution >= 4 is 21.7 Å². The molecule has 1 aliphatic carbocycles. The second kappa shape index (κ2) is 13.3. The van der Waals surface area contributed by atoms with Crippen molar-refractivity contribution in [2.75, 3.05) is 33.4 Å². The zero-order chi connectivity index (χ0) is 29.9. The van der Waals surface area contributed by atoms with Crippen LogP contribution in [0.4, 0.5) is 0 Å². The molecule has 0 aromatic heterocycles. The molecule has 0 spiro atoms. The summed E-state index contributed by atoms with van der Waals surface area (Å²) in [7, 11) is -1.95. The molecule has 2 amide bonds. The molecule has 0 bridgehead atoms. The van der Waals surface area contributed by atoms with Gasteiger partial charge in [-0.15, -0.1) is 0 Å². The summed E-state index contributed by atoms with van der Waals surface area (Å²) < 4.78 is 33.2. The Hall–Kier alpha value is -2.75. The quantitative estimate of drug-likeness (QED) is 0.427. The van der Waals surface area contributed by atoms with Gasteiger partial charge in [-0.2, -0.15) is 0 Å². The van der Waals surface area contributed by atoms with E-state index in [0.29, 0.717) is 38.1 Å². The number of carbonyl (C=O) groups is 2. The van der Waals surface area contributed by atoms with E-state index >= 15 is 0 Å². The lowest BCUT2D eigenvalue weighted by Gasteiger charge is -2.44. The second-order valence-electron chi connectivity index (χ2n) is 12.1. The molecular weight excluding hydrogens is 550 g/mol. The molecule has 2 atom stereocenters. The Bertz CT molecular complexity index is 1340. The summed E-state index contributed by atoms with van der Waals surface area (Å²) in [6.07, 6.45) is 4.10. The van der Waals surface area contributed by atoms with Crippen molar-refractivity contribution in [2.24, 2.45) is 11.8 Å². The number of hydrogen-bond donors (Lipinski definition) is 1. The van der Waals surface area contributed by atoms with Crippen molar-refractivity contribution in [2.45, 2.75) is 81.1 Å². The second-order valence-corrected chi connectivity index (χ2v) is 14.3. The van der Waals surface area contributed by atoms with Gasteiger partial charge in [-0.05, 0) is 73.4 Å². The maximum atomic E-state index is 14.3. The predicted molar refractivity (Wildman–Crippen MR) is 163 cm³/mol. The molecule has 2 heterocycles. The Labute approximate surface area is 250 Å². The van der Waals surface area contributed by atoms with Gasteiger partial charge in [0.1, 0.15) is 12.1 Å². The average molecular weight is 596 g/mol. The topological polar surface area (TPSA) is 96.0 Å². The molecule has 0 radical (unpaired) electrons. The highest BCUT2D eigenvalue weighted by molar-refractivity contribution is 7.92. The van der Waals surface area contributed by atoms with Crippen LogP contribution in [0.15, 0.2) is 53.4 Å². The van der Waals surface area contributed by atoms with Crippen molar-refractivity contribution in [3.63, 3.8) is 0 Å². The normalized spacial score (nSPS) is 22.5. The minimum Gasteiger partial charge on any atom is -0.383 e. The number of nitrogens with zero attached hydrogens (tertiary/aromatic N) is 2. The molecule has 9 heteroatoms. The summed E-state index contributed by atoms with van der Waals surface area (Å²) >= 11 is 0. The Morgan fingerprint density at radius 1 is 0.952 bits per heavy atom. The van der Waals surface area contributed by atoms with Crippen LogP contribution in [-0.2, 0) is 43.5 Å². The van der Waals surface area contributed by atoms with Gasteiger partial charge in [-0.3, -0.25) is 9.59 Å². The standard InChI is InChI=1S/C33H45N3O5S/c1-4-23(5-2)31-32(37)34-30(27-20-24-10-6-7-11-25(24)21-27)33(38)36(31)22-26-12-8-9-13-29(26)42(39,40)28-14-16-35(17-15-28)18-19-41-3/h6-13,23,27-28,30-31H,4-5,14-22H2,1-3H3,(H,34,37)/t30-,31-/m1/s1. The van der Waals surface area contributed by atoms with Crippen LogP contribution in [0.5, 0.6) is 0 Å². The van der Waals surface area contributed by atoms with Crippen LogP contribution in [0.25, 0.3) is 0 Å². The molecule has 0 unspecified atom stereocenters. The number of benzene rings is 2. The number of ether oxygens (including phenoxy) is 1. The average Bonchev–Trinajstić information content (AvgIpc) is 3.44. The third-order valence-corrected chi connectivity index (χ3v) is 12.1. The number of likely N-dealkylation sites (tertiary alicyclic amines) is 1. The van der Waals surface area contributed by atoms with Gasteiger partial charge in [0.15, 0.2) is 9.84 Å². The summed E-state index contributed by atoms with van der Waals surface area (Å²) in [6.45, 7) is 7.03. The minimum absolute atomic E-state index is 0.0177. The van der Waals surface area contributed by atoms with Crippen LogP contribution in [0, 0.1) is 11.8 Å². The molecule has 2 aromatic rings. The maximum Gasteiger partial charge on any atom is 0.246 e. The van der Waals surface area contributed by atoms with E-state index in [2.05, 4.69) is 22.3 Å². The van der Waals surface area contributed by atoms with Crippen LogP contribution < -0.4 is 5.32 Å². The number of piperidine rings is 1.